The molecule has 0 amide bonds. The number of carbonyl (C=O) groups excluding carboxylic acids is 2. The van der Waals surface area contributed by atoms with E-state index in [1.807, 2.05) is 0 Å². The number of pyridine rings is 1. The number of carboxylic acids is 1. The van der Waals surface area contributed by atoms with Crippen LogP contribution in [0.25, 0.3) is 10.9 Å². The topological polar surface area (TPSA) is 96.8 Å². The van der Waals surface area contributed by atoms with Crippen LogP contribution in [0.1, 0.15) is 17.3 Å². The molecule has 2 heterocycles. The Morgan fingerprint density at radius 1 is 1.42 bits per heavy atom. The molecule has 0 radical (unpaired) electrons. The number of hydrogen-bond acceptors (Lipinski definition) is 6. The van der Waals surface area contributed by atoms with Gasteiger partial charge in [0.2, 0.25) is 5.41 Å². The number of aromatic nitrogens is 1. The summed E-state index contributed by atoms with van der Waals surface area (Å²) < 4.78 is 18.6. The first-order valence-corrected chi connectivity index (χ1v) is 8.06. The number of halogens is 2. The number of aliphatic carboxylic acids is 1. The van der Waals surface area contributed by atoms with Crippen LogP contribution in [0, 0.1) is 11.2 Å². The molecule has 1 aliphatic heterocycles. The van der Waals surface area contributed by atoms with Crippen molar-refractivity contribution in [3.05, 3.63) is 34.6 Å². The van der Waals surface area contributed by atoms with Crippen molar-refractivity contribution in [2.24, 2.45) is 5.41 Å². The van der Waals surface area contributed by atoms with Gasteiger partial charge in [-0.25, -0.2) is 9.37 Å². The van der Waals surface area contributed by atoms with E-state index in [1.54, 1.807) is 0 Å². The summed E-state index contributed by atoms with van der Waals surface area (Å²) in [5, 5.41) is 9.78. The van der Waals surface area contributed by atoms with E-state index in [-0.39, 0.29) is 28.4 Å². The molecule has 0 aliphatic carbocycles. The summed E-state index contributed by atoms with van der Waals surface area (Å²) in [6, 6.07) is 3.72. The minimum Gasteiger partial charge on any atom is -0.480 e. The predicted octanol–water partition coefficient (Wildman–Crippen LogP) is 2.29. The number of fused-ring (bicyclic) bond motifs is 2. The molecule has 0 spiro atoms. The van der Waals surface area contributed by atoms with Crippen LogP contribution in [0.2, 0.25) is 5.02 Å². The van der Waals surface area contributed by atoms with E-state index >= 15 is 0 Å². The molecule has 1 aliphatic rings. The Morgan fingerprint density at radius 2 is 2.12 bits per heavy atom. The van der Waals surface area contributed by atoms with Gasteiger partial charge in [-0.3, -0.25) is 14.4 Å². The zero-order chi connectivity index (χ0) is 19.2. The first kappa shape index (κ1) is 18.1. The Bertz CT molecular complexity index is 964. The van der Waals surface area contributed by atoms with Gasteiger partial charge in [0.05, 0.1) is 29.3 Å². The Hall–Kier alpha value is -2.74. The van der Waals surface area contributed by atoms with E-state index in [4.69, 9.17) is 16.3 Å². The maximum atomic E-state index is 13.7. The van der Waals surface area contributed by atoms with Crippen LogP contribution in [-0.4, -0.2) is 48.0 Å². The quantitative estimate of drug-likeness (QED) is 0.644. The lowest BCUT2D eigenvalue weighted by molar-refractivity contribution is -0.163. The van der Waals surface area contributed by atoms with Crippen molar-refractivity contribution < 1.29 is 28.6 Å². The van der Waals surface area contributed by atoms with Gasteiger partial charge in [-0.05, 0) is 25.1 Å². The van der Waals surface area contributed by atoms with Crippen LogP contribution in [0.3, 0.4) is 0 Å². The van der Waals surface area contributed by atoms with Crippen molar-refractivity contribution in [3.8, 4) is 0 Å². The third-order valence-electron chi connectivity index (χ3n) is 4.29. The number of hydrogen-bond donors (Lipinski definition) is 1. The molecule has 1 N–H and O–H groups in total. The van der Waals surface area contributed by atoms with Crippen LogP contribution in [-0.2, 0) is 14.3 Å². The zero-order valence-corrected chi connectivity index (χ0v) is 14.6. The van der Waals surface area contributed by atoms with Gasteiger partial charge in [0.1, 0.15) is 11.6 Å². The molecule has 9 heteroatoms. The Balaban J connectivity index is 2.25. The SMILES string of the molecule is CCOC(=O)C1(C(=O)O)CN(C)c2nc3cc(Cl)c(F)cc3cc2C1=O. The number of carbonyl (C=O) groups is 3. The second-order valence-electron chi connectivity index (χ2n) is 5.93. The molecule has 0 fully saturated rings. The molecule has 1 atom stereocenters. The van der Waals surface area contributed by atoms with Crippen LogP contribution < -0.4 is 4.90 Å². The molecule has 3 rings (SSSR count). The van der Waals surface area contributed by atoms with E-state index < -0.39 is 35.5 Å². The molecule has 26 heavy (non-hydrogen) atoms. The van der Waals surface area contributed by atoms with Crippen LogP contribution in [0.15, 0.2) is 18.2 Å². The summed E-state index contributed by atoms with van der Waals surface area (Å²) in [6.45, 7) is 1.01. The van der Waals surface area contributed by atoms with Crippen molar-refractivity contribution in [3.63, 3.8) is 0 Å². The Kier molecular flexibility index (Phi) is 4.31. The highest BCUT2D eigenvalue weighted by atomic mass is 35.5. The highest BCUT2D eigenvalue weighted by Gasteiger charge is 2.59. The average Bonchev–Trinajstić information content (AvgIpc) is 2.58. The fourth-order valence-electron chi connectivity index (χ4n) is 3.01. The van der Waals surface area contributed by atoms with E-state index in [0.29, 0.717) is 5.52 Å². The molecular weight excluding hydrogens is 367 g/mol. The Morgan fingerprint density at radius 3 is 2.73 bits per heavy atom. The third kappa shape index (κ3) is 2.48. The fraction of sp³-hybridized carbons (Fsp3) is 0.294. The highest BCUT2D eigenvalue weighted by Crippen LogP contribution is 2.38. The number of benzene rings is 1. The maximum Gasteiger partial charge on any atom is 0.333 e. The van der Waals surface area contributed by atoms with Gasteiger partial charge in [0.25, 0.3) is 0 Å². The summed E-state index contributed by atoms with van der Waals surface area (Å²) in [5.41, 5.74) is -2.16. The molecule has 1 aromatic carbocycles. The number of Topliss-reactive ketones (excluding diaryl/α,β-unsaturated/α-hetero) is 1. The van der Waals surface area contributed by atoms with Gasteiger partial charge < -0.3 is 14.7 Å². The number of ketones is 1. The molecule has 0 saturated carbocycles. The summed E-state index contributed by atoms with van der Waals surface area (Å²) >= 11 is 5.76. The summed E-state index contributed by atoms with van der Waals surface area (Å²) in [4.78, 5) is 42.9. The molecule has 0 saturated heterocycles. The van der Waals surface area contributed by atoms with Crippen LogP contribution >= 0.6 is 11.6 Å². The lowest BCUT2D eigenvalue weighted by Gasteiger charge is -2.36. The van der Waals surface area contributed by atoms with Crippen molar-refractivity contribution in [2.75, 3.05) is 25.1 Å². The Labute approximate surface area is 152 Å². The van der Waals surface area contributed by atoms with Gasteiger partial charge in [0.15, 0.2) is 5.78 Å². The number of carboxylic acid groups (broad SMARTS) is 1. The lowest BCUT2D eigenvalue weighted by atomic mass is 9.77. The summed E-state index contributed by atoms with van der Waals surface area (Å²) in [5.74, 6) is -4.21. The third-order valence-corrected chi connectivity index (χ3v) is 4.58. The van der Waals surface area contributed by atoms with Crippen molar-refractivity contribution >= 4 is 46.0 Å². The molecule has 1 aromatic heterocycles. The van der Waals surface area contributed by atoms with Gasteiger partial charge in [0, 0.05) is 12.4 Å². The predicted molar refractivity (Wildman–Crippen MR) is 91.0 cm³/mol. The summed E-state index contributed by atoms with van der Waals surface area (Å²) in [7, 11) is 1.51. The first-order chi connectivity index (χ1) is 12.2. The number of esters is 1. The van der Waals surface area contributed by atoms with Crippen molar-refractivity contribution in [1.82, 2.24) is 4.98 Å². The van der Waals surface area contributed by atoms with Gasteiger partial charge in [-0.1, -0.05) is 11.6 Å². The molecule has 136 valence electrons. The van der Waals surface area contributed by atoms with E-state index in [0.717, 1.165) is 6.07 Å². The lowest BCUT2D eigenvalue weighted by Crippen LogP contribution is -2.57. The molecule has 2 aromatic rings. The normalized spacial score (nSPS) is 19.4. The number of nitrogens with zero attached hydrogens (tertiary/aromatic N) is 2. The van der Waals surface area contributed by atoms with Crippen molar-refractivity contribution in [2.45, 2.75) is 6.92 Å². The van der Waals surface area contributed by atoms with Crippen LogP contribution in [0.4, 0.5) is 10.2 Å². The minimum absolute atomic E-state index is 0.0720. The second kappa shape index (κ2) is 6.21. The minimum atomic E-state index is -2.40. The monoisotopic (exact) mass is 380 g/mol. The fourth-order valence-corrected chi connectivity index (χ4v) is 3.17. The molecule has 1 unspecified atom stereocenters. The van der Waals surface area contributed by atoms with E-state index in [9.17, 15) is 23.9 Å². The maximum absolute atomic E-state index is 13.7. The largest absolute Gasteiger partial charge is 0.480 e. The second-order valence-corrected chi connectivity index (χ2v) is 6.34. The molecular formula is C17H14ClFN2O5. The van der Waals surface area contributed by atoms with Gasteiger partial charge in [-0.15, -0.1) is 0 Å². The van der Waals surface area contributed by atoms with E-state index in [1.165, 1.54) is 31.0 Å². The number of anilines is 1. The van der Waals surface area contributed by atoms with Crippen LogP contribution in [0.5, 0.6) is 0 Å². The van der Waals surface area contributed by atoms with E-state index in [2.05, 4.69) is 4.98 Å². The molecule has 7 nitrogen and oxygen atoms in total. The summed E-state index contributed by atoms with van der Waals surface area (Å²) in [6.07, 6.45) is 0. The standard InChI is InChI=1S/C17H14ClFN2O5/c1-3-26-16(25)17(15(23)24)7-21(2)14-9(13(17)22)4-8-5-11(19)10(18)6-12(8)20-14/h4-6H,3,7H2,1-2H3,(H,23,24). The number of rotatable bonds is 3. The highest BCUT2D eigenvalue weighted by molar-refractivity contribution is 6.31. The first-order valence-electron chi connectivity index (χ1n) is 7.68. The number of ether oxygens (including phenoxy) is 1. The van der Waals surface area contributed by atoms with Crippen molar-refractivity contribution in [1.29, 1.82) is 0 Å². The van der Waals surface area contributed by atoms with Gasteiger partial charge in [-0.2, -0.15) is 0 Å². The zero-order valence-electron chi connectivity index (χ0n) is 13.9. The average molecular weight is 381 g/mol. The molecule has 0 bridgehead atoms. The smallest absolute Gasteiger partial charge is 0.333 e. The van der Waals surface area contributed by atoms with Gasteiger partial charge >= 0.3 is 11.9 Å².